The average molecular weight is 474 g/mol. The molecule has 0 saturated carbocycles. The van der Waals surface area contributed by atoms with Crippen LogP contribution in [0.15, 0.2) is 40.8 Å². The Labute approximate surface area is 200 Å². The van der Waals surface area contributed by atoms with Crippen LogP contribution in [0.2, 0.25) is 0 Å². The molecule has 3 amide bonds. The molecule has 186 valence electrons. The van der Waals surface area contributed by atoms with Crippen molar-refractivity contribution in [2.45, 2.75) is 72.1 Å². The van der Waals surface area contributed by atoms with Crippen molar-refractivity contribution in [1.82, 2.24) is 10.6 Å². The summed E-state index contributed by atoms with van der Waals surface area (Å²) in [4.78, 5) is 35.8. The van der Waals surface area contributed by atoms with Crippen LogP contribution < -0.4 is 16.0 Å². The van der Waals surface area contributed by atoms with Gasteiger partial charge >= 0.3 is 12.2 Å². The van der Waals surface area contributed by atoms with Gasteiger partial charge < -0.3 is 29.8 Å². The van der Waals surface area contributed by atoms with Gasteiger partial charge in [0, 0.05) is 25.2 Å². The predicted octanol–water partition coefficient (Wildman–Crippen LogP) is 5.01. The summed E-state index contributed by atoms with van der Waals surface area (Å²) in [6, 6.07) is 10.5. The molecule has 9 heteroatoms. The van der Waals surface area contributed by atoms with Gasteiger partial charge in [0.1, 0.15) is 17.0 Å². The molecule has 34 heavy (non-hydrogen) atoms. The van der Waals surface area contributed by atoms with E-state index in [1.165, 1.54) is 0 Å². The molecule has 1 aromatic heterocycles. The molecule has 0 spiro atoms. The number of hydrogen-bond acceptors (Lipinski definition) is 6. The van der Waals surface area contributed by atoms with Crippen LogP contribution in [0.3, 0.4) is 0 Å². The highest BCUT2D eigenvalue weighted by molar-refractivity contribution is 6.02. The second-order valence-corrected chi connectivity index (χ2v) is 9.80. The highest BCUT2D eigenvalue weighted by Crippen LogP contribution is 2.15. The summed E-state index contributed by atoms with van der Waals surface area (Å²) in [5.74, 6) is 0.489. The zero-order valence-corrected chi connectivity index (χ0v) is 20.7. The third-order valence-electron chi connectivity index (χ3n) is 4.20. The molecule has 0 aliphatic heterocycles. The van der Waals surface area contributed by atoms with E-state index in [0.29, 0.717) is 37.4 Å². The van der Waals surface area contributed by atoms with Crippen molar-refractivity contribution in [3.63, 3.8) is 0 Å². The number of carbonyl (C=O) groups is 3. The number of carbonyl (C=O) groups excluding carboxylic acids is 3. The quantitative estimate of drug-likeness (QED) is 0.464. The number of anilines is 1. The first-order valence-corrected chi connectivity index (χ1v) is 11.2. The molecule has 1 aromatic carbocycles. The lowest BCUT2D eigenvalue weighted by atomic mass is 10.2. The summed E-state index contributed by atoms with van der Waals surface area (Å²) in [5.41, 5.74) is 0.376. The first-order chi connectivity index (χ1) is 15.8. The van der Waals surface area contributed by atoms with E-state index in [0.717, 1.165) is 5.56 Å². The van der Waals surface area contributed by atoms with Crippen LogP contribution in [0, 0.1) is 0 Å². The van der Waals surface area contributed by atoms with Crippen LogP contribution in [-0.4, -0.2) is 35.8 Å². The number of hydrogen-bond donors (Lipinski definition) is 3. The SMILES string of the molecule is CC(C)(C)OC(=O)NCCCc1ccc(C(=O)Nc2ccc(CNC(=O)OC(C)(C)C)cc2)o1. The second-order valence-electron chi connectivity index (χ2n) is 9.80. The molecule has 0 aliphatic carbocycles. The summed E-state index contributed by atoms with van der Waals surface area (Å²) in [7, 11) is 0. The maximum Gasteiger partial charge on any atom is 0.407 e. The Morgan fingerprint density at radius 3 is 2.00 bits per heavy atom. The minimum absolute atomic E-state index is 0.200. The van der Waals surface area contributed by atoms with Gasteiger partial charge in [0.25, 0.3) is 5.91 Å². The monoisotopic (exact) mass is 473 g/mol. The van der Waals surface area contributed by atoms with Crippen molar-refractivity contribution in [1.29, 1.82) is 0 Å². The third-order valence-corrected chi connectivity index (χ3v) is 4.20. The number of aryl methyl sites for hydroxylation is 1. The molecule has 9 nitrogen and oxygen atoms in total. The number of alkyl carbamates (subject to hydrolysis) is 2. The summed E-state index contributed by atoms with van der Waals surface area (Å²) >= 11 is 0. The highest BCUT2D eigenvalue weighted by atomic mass is 16.6. The van der Waals surface area contributed by atoms with E-state index in [1.54, 1.807) is 77.9 Å². The Balaban J connectivity index is 1.75. The van der Waals surface area contributed by atoms with Crippen molar-refractivity contribution >= 4 is 23.8 Å². The highest BCUT2D eigenvalue weighted by Gasteiger charge is 2.17. The van der Waals surface area contributed by atoms with Gasteiger partial charge in [0.05, 0.1) is 0 Å². The van der Waals surface area contributed by atoms with Crippen LogP contribution in [0.1, 0.15) is 69.8 Å². The fraction of sp³-hybridized carbons (Fsp3) is 0.480. The van der Waals surface area contributed by atoms with Gasteiger partial charge in [-0.15, -0.1) is 0 Å². The standard InChI is InChI=1S/C25H35N3O6/c1-24(2,3)33-22(30)26-15-7-8-19-13-14-20(32-19)21(29)28-18-11-9-17(10-12-18)16-27-23(31)34-25(4,5)6/h9-14H,7-8,15-16H2,1-6H3,(H,26,30)(H,27,31)(H,28,29). The minimum atomic E-state index is -0.555. The minimum Gasteiger partial charge on any atom is -0.456 e. The fourth-order valence-corrected chi connectivity index (χ4v) is 2.79. The van der Waals surface area contributed by atoms with Crippen molar-refractivity contribution in [3.05, 3.63) is 53.5 Å². The van der Waals surface area contributed by atoms with Gasteiger partial charge in [-0.25, -0.2) is 9.59 Å². The van der Waals surface area contributed by atoms with Crippen molar-refractivity contribution in [2.24, 2.45) is 0 Å². The van der Waals surface area contributed by atoms with E-state index >= 15 is 0 Å². The Hall–Kier alpha value is -3.49. The largest absolute Gasteiger partial charge is 0.456 e. The summed E-state index contributed by atoms with van der Waals surface area (Å²) in [5, 5.41) is 8.16. The van der Waals surface area contributed by atoms with Crippen LogP contribution >= 0.6 is 0 Å². The molecular weight excluding hydrogens is 438 g/mol. The van der Waals surface area contributed by atoms with Gasteiger partial charge in [-0.05, 0) is 77.8 Å². The smallest absolute Gasteiger partial charge is 0.407 e. The molecule has 0 bridgehead atoms. The lowest BCUT2D eigenvalue weighted by Crippen LogP contribution is -2.33. The number of furan rings is 1. The molecule has 1 heterocycles. The molecule has 2 aromatic rings. The van der Waals surface area contributed by atoms with Gasteiger partial charge in [0.2, 0.25) is 0 Å². The zero-order valence-electron chi connectivity index (χ0n) is 20.7. The lowest BCUT2D eigenvalue weighted by molar-refractivity contribution is 0.0513. The topological polar surface area (TPSA) is 119 Å². The lowest BCUT2D eigenvalue weighted by Gasteiger charge is -2.19. The normalized spacial score (nSPS) is 11.5. The Bertz CT molecular complexity index is 968. The van der Waals surface area contributed by atoms with Crippen LogP contribution in [0.25, 0.3) is 0 Å². The molecular formula is C25H35N3O6. The molecule has 0 fully saturated rings. The first kappa shape index (κ1) is 26.8. The number of rotatable bonds is 8. The van der Waals surface area contributed by atoms with E-state index in [1.807, 2.05) is 0 Å². The Kier molecular flexibility index (Phi) is 9.11. The number of benzene rings is 1. The van der Waals surface area contributed by atoms with Crippen LogP contribution in [0.5, 0.6) is 0 Å². The van der Waals surface area contributed by atoms with Gasteiger partial charge in [-0.2, -0.15) is 0 Å². The summed E-state index contributed by atoms with van der Waals surface area (Å²) < 4.78 is 16.0. The van der Waals surface area contributed by atoms with E-state index < -0.39 is 23.4 Å². The van der Waals surface area contributed by atoms with Crippen LogP contribution in [0.4, 0.5) is 15.3 Å². The number of amides is 3. The fourth-order valence-electron chi connectivity index (χ4n) is 2.79. The molecule has 0 saturated heterocycles. The van der Waals surface area contributed by atoms with Gasteiger partial charge in [0.15, 0.2) is 5.76 Å². The van der Waals surface area contributed by atoms with Gasteiger partial charge in [-0.3, -0.25) is 4.79 Å². The van der Waals surface area contributed by atoms with Crippen molar-refractivity contribution in [2.75, 3.05) is 11.9 Å². The van der Waals surface area contributed by atoms with Crippen LogP contribution in [-0.2, 0) is 22.4 Å². The van der Waals surface area contributed by atoms with E-state index in [4.69, 9.17) is 13.9 Å². The summed E-state index contributed by atoms with van der Waals surface area (Å²) in [6.07, 6.45) is 0.271. The molecule has 0 radical (unpaired) electrons. The molecule has 3 N–H and O–H groups in total. The van der Waals surface area contributed by atoms with Gasteiger partial charge in [-0.1, -0.05) is 12.1 Å². The predicted molar refractivity (Wildman–Crippen MR) is 129 cm³/mol. The second kappa shape index (κ2) is 11.6. The Morgan fingerprint density at radius 2 is 1.41 bits per heavy atom. The molecule has 2 rings (SSSR count). The average Bonchev–Trinajstić information content (AvgIpc) is 3.17. The van der Waals surface area contributed by atoms with E-state index in [-0.39, 0.29) is 11.7 Å². The maximum absolute atomic E-state index is 12.5. The molecule has 0 atom stereocenters. The van der Waals surface area contributed by atoms with Crippen molar-refractivity contribution < 1.29 is 28.3 Å². The summed E-state index contributed by atoms with van der Waals surface area (Å²) in [6.45, 7) is 11.6. The zero-order chi connectivity index (χ0) is 25.4. The maximum atomic E-state index is 12.5. The van der Waals surface area contributed by atoms with Crippen molar-refractivity contribution in [3.8, 4) is 0 Å². The first-order valence-electron chi connectivity index (χ1n) is 11.2. The number of nitrogens with one attached hydrogen (secondary N) is 3. The molecule has 0 aliphatic rings. The molecule has 0 unspecified atom stereocenters. The van der Waals surface area contributed by atoms with E-state index in [2.05, 4.69) is 16.0 Å². The Morgan fingerprint density at radius 1 is 0.824 bits per heavy atom. The number of ether oxygens (including phenoxy) is 2. The third kappa shape index (κ3) is 10.4. The van der Waals surface area contributed by atoms with E-state index in [9.17, 15) is 14.4 Å².